The molecule has 9 heteroatoms. The fourth-order valence-electron chi connectivity index (χ4n) is 3.16. The van der Waals surface area contributed by atoms with Gasteiger partial charge in [0.25, 0.3) is 5.91 Å². The van der Waals surface area contributed by atoms with Crippen LogP contribution in [0.1, 0.15) is 35.2 Å². The lowest BCUT2D eigenvalue weighted by Gasteiger charge is -2.04. The fourth-order valence-corrected chi connectivity index (χ4v) is 3.87. The van der Waals surface area contributed by atoms with Crippen molar-refractivity contribution in [3.63, 3.8) is 0 Å². The number of carbonyl (C=O) groups is 2. The van der Waals surface area contributed by atoms with E-state index < -0.39 is 0 Å². The summed E-state index contributed by atoms with van der Waals surface area (Å²) in [6.07, 6.45) is 5.31. The monoisotopic (exact) mass is 449 g/mol. The van der Waals surface area contributed by atoms with E-state index in [1.54, 1.807) is 23.0 Å². The summed E-state index contributed by atoms with van der Waals surface area (Å²) >= 11 is 1.36. The highest BCUT2D eigenvalue weighted by Crippen LogP contribution is 2.26. The van der Waals surface area contributed by atoms with Crippen molar-refractivity contribution < 1.29 is 14.0 Å². The molecule has 0 bridgehead atoms. The van der Waals surface area contributed by atoms with Gasteiger partial charge < -0.3 is 9.73 Å². The van der Waals surface area contributed by atoms with E-state index in [1.165, 1.54) is 23.8 Å². The van der Waals surface area contributed by atoms with E-state index in [9.17, 15) is 9.59 Å². The number of amides is 2. The minimum absolute atomic E-state index is 0.00602. The molecule has 2 N–H and O–H groups in total. The number of hydrogen-bond acceptors (Lipinski definition) is 6. The zero-order valence-corrected chi connectivity index (χ0v) is 18.4. The molecule has 0 atom stereocenters. The van der Waals surface area contributed by atoms with E-state index in [0.29, 0.717) is 24.0 Å². The maximum atomic E-state index is 12.5. The van der Waals surface area contributed by atoms with Crippen molar-refractivity contribution in [1.82, 2.24) is 20.1 Å². The Bertz CT molecular complexity index is 1180. The lowest BCUT2D eigenvalue weighted by atomic mass is 10.1. The maximum absolute atomic E-state index is 12.5. The smallest absolute Gasteiger partial charge is 0.293 e. The molecule has 164 valence electrons. The van der Waals surface area contributed by atoms with Gasteiger partial charge >= 0.3 is 0 Å². The molecule has 32 heavy (non-hydrogen) atoms. The molecule has 0 unspecified atom stereocenters. The number of hydrogen-bond donors (Lipinski definition) is 2. The van der Waals surface area contributed by atoms with Crippen LogP contribution in [0, 0.1) is 0 Å². The Labute approximate surface area is 189 Å². The molecule has 0 saturated heterocycles. The second kappa shape index (κ2) is 10.1. The van der Waals surface area contributed by atoms with Crippen LogP contribution in [0.4, 0.5) is 5.13 Å². The Hall–Kier alpha value is -3.72. The Morgan fingerprint density at radius 2 is 2.00 bits per heavy atom. The number of nitrogens with one attached hydrogen (secondary N) is 2. The third-order valence-corrected chi connectivity index (χ3v) is 5.51. The third-order valence-electron chi connectivity index (χ3n) is 4.75. The Balaban J connectivity index is 1.32. The van der Waals surface area contributed by atoms with E-state index >= 15 is 0 Å². The molecule has 1 aromatic carbocycles. The van der Waals surface area contributed by atoms with Crippen LogP contribution in [-0.2, 0) is 17.8 Å². The van der Waals surface area contributed by atoms with Gasteiger partial charge in [-0.3, -0.25) is 19.6 Å². The van der Waals surface area contributed by atoms with Crippen molar-refractivity contribution in [2.24, 2.45) is 0 Å². The van der Waals surface area contributed by atoms with Crippen LogP contribution in [0.5, 0.6) is 0 Å². The molecule has 0 aliphatic heterocycles. The van der Waals surface area contributed by atoms with Gasteiger partial charge in [0.1, 0.15) is 5.76 Å². The molecule has 0 radical (unpaired) electrons. The molecular formula is C23H23N5O3S. The van der Waals surface area contributed by atoms with Crippen LogP contribution < -0.4 is 10.6 Å². The summed E-state index contributed by atoms with van der Waals surface area (Å²) in [5.74, 6) is 0.531. The number of benzene rings is 1. The second-order valence-electron chi connectivity index (χ2n) is 7.25. The summed E-state index contributed by atoms with van der Waals surface area (Å²) in [4.78, 5) is 27.9. The van der Waals surface area contributed by atoms with Crippen molar-refractivity contribution in [3.8, 4) is 11.3 Å². The number of aromatic nitrogens is 3. The SMILES string of the molecule is CC(=O)NCCCc1ccc(-c2csc(NC(=O)c3ccc(Cn4cccn4)o3)n2)cc1. The van der Waals surface area contributed by atoms with E-state index in [4.69, 9.17) is 4.42 Å². The molecule has 0 fully saturated rings. The lowest BCUT2D eigenvalue weighted by molar-refractivity contribution is -0.118. The van der Waals surface area contributed by atoms with Crippen molar-refractivity contribution >= 4 is 28.3 Å². The number of aryl methyl sites for hydroxylation is 1. The Kier molecular flexibility index (Phi) is 6.76. The zero-order valence-electron chi connectivity index (χ0n) is 17.6. The van der Waals surface area contributed by atoms with Crippen LogP contribution in [0.2, 0.25) is 0 Å². The molecule has 4 aromatic rings. The molecule has 3 aromatic heterocycles. The van der Waals surface area contributed by atoms with Gasteiger partial charge in [-0.05, 0) is 36.6 Å². The summed E-state index contributed by atoms with van der Waals surface area (Å²) in [5, 5.41) is 12.1. The topological polar surface area (TPSA) is 102 Å². The molecule has 4 rings (SSSR count). The second-order valence-corrected chi connectivity index (χ2v) is 8.10. The van der Waals surface area contributed by atoms with Crippen molar-refractivity contribution in [2.45, 2.75) is 26.3 Å². The van der Waals surface area contributed by atoms with E-state index in [0.717, 1.165) is 24.1 Å². The normalized spacial score (nSPS) is 10.8. The van der Waals surface area contributed by atoms with Gasteiger partial charge in [0, 0.05) is 36.8 Å². The van der Waals surface area contributed by atoms with Gasteiger partial charge in [-0.15, -0.1) is 11.3 Å². The van der Waals surface area contributed by atoms with Crippen LogP contribution in [-0.4, -0.2) is 33.1 Å². The molecule has 3 heterocycles. The number of nitrogens with zero attached hydrogens (tertiary/aromatic N) is 3. The molecule has 2 amide bonds. The molecule has 0 aliphatic rings. The highest BCUT2D eigenvalue weighted by molar-refractivity contribution is 7.14. The average molecular weight is 450 g/mol. The number of rotatable bonds is 9. The van der Waals surface area contributed by atoms with Gasteiger partial charge in [-0.1, -0.05) is 24.3 Å². The first-order valence-electron chi connectivity index (χ1n) is 10.2. The van der Waals surface area contributed by atoms with Crippen LogP contribution in [0.15, 0.2) is 64.7 Å². The number of thiazole rings is 1. The minimum Gasteiger partial charge on any atom is -0.454 e. The molecule has 0 spiro atoms. The number of carbonyl (C=O) groups excluding carboxylic acids is 2. The van der Waals surface area contributed by atoms with Gasteiger partial charge in [-0.2, -0.15) is 5.10 Å². The summed E-state index contributed by atoms with van der Waals surface area (Å²) in [6, 6.07) is 13.4. The predicted molar refractivity (Wildman–Crippen MR) is 123 cm³/mol. The van der Waals surface area contributed by atoms with Crippen molar-refractivity contribution in [2.75, 3.05) is 11.9 Å². The number of anilines is 1. The van der Waals surface area contributed by atoms with Gasteiger partial charge in [0.2, 0.25) is 5.91 Å². The third kappa shape index (κ3) is 5.70. The van der Waals surface area contributed by atoms with Crippen LogP contribution in [0.25, 0.3) is 11.3 Å². The summed E-state index contributed by atoms with van der Waals surface area (Å²) in [5.41, 5.74) is 2.98. The molecule has 0 saturated carbocycles. The van der Waals surface area contributed by atoms with Crippen molar-refractivity contribution in [1.29, 1.82) is 0 Å². The first-order valence-corrected chi connectivity index (χ1v) is 11.1. The van der Waals surface area contributed by atoms with Gasteiger partial charge in [-0.25, -0.2) is 4.98 Å². The summed E-state index contributed by atoms with van der Waals surface area (Å²) in [6.45, 7) is 2.66. The first kappa shape index (κ1) is 21.5. The maximum Gasteiger partial charge on any atom is 0.293 e. The minimum atomic E-state index is -0.341. The highest BCUT2D eigenvalue weighted by atomic mass is 32.1. The fraction of sp³-hybridized carbons (Fsp3) is 0.217. The quantitative estimate of drug-likeness (QED) is 0.377. The van der Waals surface area contributed by atoms with Crippen LogP contribution >= 0.6 is 11.3 Å². The van der Waals surface area contributed by atoms with Crippen molar-refractivity contribution in [3.05, 3.63) is 77.3 Å². The molecule has 0 aliphatic carbocycles. The van der Waals surface area contributed by atoms with E-state index in [-0.39, 0.29) is 17.6 Å². The average Bonchev–Trinajstić information content (AvgIpc) is 3.54. The lowest BCUT2D eigenvalue weighted by Crippen LogP contribution is -2.21. The summed E-state index contributed by atoms with van der Waals surface area (Å²) < 4.78 is 7.35. The standard InChI is InChI=1S/C23H23N5O3S/c1-16(29)24-11-2-4-17-5-7-18(8-6-17)20-15-32-23(26-20)27-22(30)21-10-9-19(31-21)14-28-13-3-12-25-28/h3,5-10,12-13,15H,2,4,11,14H2,1H3,(H,24,29)(H,26,27,30). The molecular weight excluding hydrogens is 426 g/mol. The highest BCUT2D eigenvalue weighted by Gasteiger charge is 2.14. The largest absolute Gasteiger partial charge is 0.454 e. The van der Waals surface area contributed by atoms with Gasteiger partial charge in [0.15, 0.2) is 10.9 Å². The Morgan fingerprint density at radius 3 is 2.75 bits per heavy atom. The first-order chi connectivity index (χ1) is 15.6. The van der Waals surface area contributed by atoms with Gasteiger partial charge in [0.05, 0.1) is 12.2 Å². The molecule has 8 nitrogen and oxygen atoms in total. The predicted octanol–water partition coefficient (Wildman–Crippen LogP) is 3.97. The Morgan fingerprint density at radius 1 is 1.16 bits per heavy atom. The van der Waals surface area contributed by atoms with Crippen LogP contribution in [0.3, 0.4) is 0 Å². The summed E-state index contributed by atoms with van der Waals surface area (Å²) in [7, 11) is 0. The number of furan rings is 1. The van der Waals surface area contributed by atoms with E-state index in [1.807, 2.05) is 29.8 Å². The van der Waals surface area contributed by atoms with E-state index in [2.05, 4.69) is 32.8 Å². The zero-order chi connectivity index (χ0) is 22.3.